The standard InChI is InChI=1S/C14H12BrClN5OP/c1-23(2,22)12-8-3-4-17-6-10(8)18-7-11(12)20-13-9(15)5-19-14(16)21-13/h3-7H,1-2H3,(H,19,20,21). The van der Waals surface area contributed by atoms with E-state index in [0.717, 1.165) is 5.39 Å². The molecule has 0 aliphatic heterocycles. The van der Waals surface area contributed by atoms with Gasteiger partial charge in [-0.05, 0) is 46.9 Å². The van der Waals surface area contributed by atoms with E-state index in [1.807, 2.05) is 6.07 Å². The molecule has 3 aromatic heterocycles. The third kappa shape index (κ3) is 3.37. The van der Waals surface area contributed by atoms with Crippen LogP contribution in [0, 0.1) is 0 Å². The van der Waals surface area contributed by atoms with Gasteiger partial charge in [0, 0.05) is 23.1 Å². The van der Waals surface area contributed by atoms with E-state index in [1.54, 1.807) is 38.1 Å². The monoisotopic (exact) mass is 411 g/mol. The number of hydrogen-bond donors (Lipinski definition) is 1. The average molecular weight is 413 g/mol. The van der Waals surface area contributed by atoms with Gasteiger partial charge in [0.05, 0.1) is 28.1 Å². The number of anilines is 2. The fourth-order valence-corrected chi connectivity index (χ4v) is 4.15. The number of nitrogens with one attached hydrogen (secondary N) is 1. The summed E-state index contributed by atoms with van der Waals surface area (Å²) in [4.78, 5) is 16.5. The molecule has 3 heterocycles. The van der Waals surface area contributed by atoms with Crippen molar-refractivity contribution in [2.45, 2.75) is 0 Å². The zero-order valence-electron chi connectivity index (χ0n) is 12.3. The molecular weight excluding hydrogens is 401 g/mol. The Morgan fingerprint density at radius 2 is 2.00 bits per heavy atom. The minimum atomic E-state index is -2.59. The lowest BCUT2D eigenvalue weighted by molar-refractivity contribution is 0.588. The SMILES string of the molecule is CP(C)(=O)c1c(Nc2nc(Cl)ncc2Br)cnc2cnccc12. The lowest BCUT2D eigenvalue weighted by Gasteiger charge is -2.17. The molecule has 9 heteroatoms. The molecule has 23 heavy (non-hydrogen) atoms. The van der Waals surface area contributed by atoms with Crippen LogP contribution in [0.4, 0.5) is 11.5 Å². The van der Waals surface area contributed by atoms with Gasteiger partial charge < -0.3 is 9.88 Å². The van der Waals surface area contributed by atoms with E-state index in [-0.39, 0.29) is 5.28 Å². The van der Waals surface area contributed by atoms with E-state index in [4.69, 9.17) is 11.6 Å². The maximum atomic E-state index is 12.8. The van der Waals surface area contributed by atoms with Crippen LogP contribution in [0.15, 0.2) is 35.3 Å². The number of pyridine rings is 2. The highest BCUT2D eigenvalue weighted by molar-refractivity contribution is 9.10. The Labute approximate surface area is 146 Å². The van der Waals surface area contributed by atoms with Crippen LogP contribution in [0.3, 0.4) is 0 Å². The van der Waals surface area contributed by atoms with E-state index in [0.29, 0.717) is 26.8 Å². The van der Waals surface area contributed by atoms with Crippen molar-refractivity contribution in [3.05, 3.63) is 40.6 Å². The van der Waals surface area contributed by atoms with Crippen molar-refractivity contribution in [2.75, 3.05) is 18.6 Å². The molecule has 118 valence electrons. The van der Waals surface area contributed by atoms with Gasteiger partial charge in [-0.25, -0.2) is 4.98 Å². The smallest absolute Gasteiger partial charge is 0.224 e. The molecule has 0 aromatic carbocycles. The number of fused-ring (bicyclic) bond motifs is 1. The predicted octanol–water partition coefficient (Wildman–Crippen LogP) is 3.83. The van der Waals surface area contributed by atoms with Crippen molar-refractivity contribution in [1.82, 2.24) is 19.9 Å². The maximum absolute atomic E-state index is 12.8. The van der Waals surface area contributed by atoms with Gasteiger partial charge in [0.2, 0.25) is 5.28 Å². The van der Waals surface area contributed by atoms with Crippen molar-refractivity contribution < 1.29 is 4.57 Å². The third-order valence-corrected chi connectivity index (χ3v) is 5.47. The molecule has 0 fully saturated rings. The van der Waals surface area contributed by atoms with Crippen LogP contribution in [-0.2, 0) is 4.57 Å². The van der Waals surface area contributed by atoms with Crippen LogP contribution in [0.5, 0.6) is 0 Å². The maximum Gasteiger partial charge on any atom is 0.224 e. The molecule has 6 nitrogen and oxygen atoms in total. The summed E-state index contributed by atoms with van der Waals surface area (Å²) < 4.78 is 13.5. The second-order valence-electron chi connectivity index (χ2n) is 5.22. The Hall–Kier alpha value is -1.56. The normalized spacial score (nSPS) is 11.7. The highest BCUT2D eigenvalue weighted by Crippen LogP contribution is 2.41. The van der Waals surface area contributed by atoms with Gasteiger partial charge >= 0.3 is 0 Å². The molecular formula is C14H12BrClN5OP. The Balaban J connectivity index is 2.21. The predicted molar refractivity (Wildman–Crippen MR) is 96.7 cm³/mol. The quantitative estimate of drug-likeness (QED) is 0.520. The fourth-order valence-electron chi connectivity index (χ4n) is 2.26. The van der Waals surface area contributed by atoms with E-state index in [9.17, 15) is 4.57 Å². The van der Waals surface area contributed by atoms with Crippen LogP contribution in [0.1, 0.15) is 0 Å². The van der Waals surface area contributed by atoms with Crippen LogP contribution in [0.25, 0.3) is 10.9 Å². The molecule has 3 aromatic rings. The second-order valence-corrected chi connectivity index (χ2v) is 9.57. The van der Waals surface area contributed by atoms with Gasteiger partial charge in [0.15, 0.2) is 0 Å². The van der Waals surface area contributed by atoms with Gasteiger partial charge in [-0.2, -0.15) is 4.98 Å². The van der Waals surface area contributed by atoms with Crippen LogP contribution in [-0.4, -0.2) is 33.3 Å². The molecule has 0 atom stereocenters. The van der Waals surface area contributed by atoms with Gasteiger partial charge in [0.1, 0.15) is 13.0 Å². The summed E-state index contributed by atoms with van der Waals surface area (Å²) in [5.41, 5.74) is 1.31. The summed E-state index contributed by atoms with van der Waals surface area (Å²) in [6.07, 6.45) is 6.48. The highest BCUT2D eigenvalue weighted by Gasteiger charge is 2.21. The Morgan fingerprint density at radius 1 is 1.22 bits per heavy atom. The molecule has 0 amide bonds. The topological polar surface area (TPSA) is 80.7 Å². The zero-order valence-corrected chi connectivity index (χ0v) is 15.5. The minimum Gasteiger partial charge on any atom is -0.337 e. The van der Waals surface area contributed by atoms with E-state index >= 15 is 0 Å². The van der Waals surface area contributed by atoms with E-state index in [1.165, 1.54) is 0 Å². The van der Waals surface area contributed by atoms with Crippen LogP contribution in [0.2, 0.25) is 5.28 Å². The molecule has 0 saturated heterocycles. The fraction of sp³-hybridized carbons (Fsp3) is 0.143. The molecule has 0 unspecified atom stereocenters. The molecule has 0 saturated carbocycles. The third-order valence-electron chi connectivity index (χ3n) is 3.15. The Bertz CT molecular complexity index is 946. The van der Waals surface area contributed by atoms with Crippen LogP contribution < -0.4 is 10.6 Å². The average Bonchev–Trinajstić information content (AvgIpc) is 2.49. The summed E-state index contributed by atoms with van der Waals surface area (Å²) in [5.74, 6) is 0.481. The minimum absolute atomic E-state index is 0.117. The van der Waals surface area contributed by atoms with E-state index < -0.39 is 7.14 Å². The molecule has 0 bridgehead atoms. The first kappa shape index (κ1) is 16.3. The molecule has 0 aliphatic rings. The molecule has 3 rings (SSSR count). The van der Waals surface area contributed by atoms with Crippen molar-refractivity contribution in [3.63, 3.8) is 0 Å². The summed E-state index contributed by atoms with van der Waals surface area (Å²) in [7, 11) is -2.59. The summed E-state index contributed by atoms with van der Waals surface area (Å²) in [5, 5.41) is 4.76. The molecule has 0 aliphatic carbocycles. The number of nitrogens with zero attached hydrogens (tertiary/aromatic N) is 4. The first-order chi connectivity index (χ1) is 10.9. The largest absolute Gasteiger partial charge is 0.337 e. The van der Waals surface area contributed by atoms with Crippen LogP contribution >= 0.6 is 34.7 Å². The summed E-state index contributed by atoms with van der Waals surface area (Å²) in [6.45, 7) is 3.44. The van der Waals surface area contributed by atoms with Crippen molar-refractivity contribution in [2.24, 2.45) is 0 Å². The Kier molecular flexibility index (Phi) is 4.36. The summed E-state index contributed by atoms with van der Waals surface area (Å²) >= 11 is 9.21. The van der Waals surface area contributed by atoms with Gasteiger partial charge in [-0.1, -0.05) is 0 Å². The number of aromatic nitrogens is 4. The first-order valence-corrected chi connectivity index (χ1v) is 10.4. The summed E-state index contributed by atoms with van der Waals surface area (Å²) in [6, 6.07) is 1.81. The lowest BCUT2D eigenvalue weighted by atomic mass is 10.2. The highest BCUT2D eigenvalue weighted by atomic mass is 79.9. The van der Waals surface area contributed by atoms with E-state index in [2.05, 4.69) is 41.2 Å². The molecule has 0 radical (unpaired) electrons. The first-order valence-electron chi connectivity index (χ1n) is 6.59. The molecule has 0 spiro atoms. The van der Waals surface area contributed by atoms with Gasteiger partial charge in [-0.3, -0.25) is 9.97 Å². The van der Waals surface area contributed by atoms with Crippen molar-refractivity contribution >= 4 is 62.4 Å². The lowest BCUT2D eigenvalue weighted by Crippen LogP contribution is -2.13. The van der Waals surface area contributed by atoms with Gasteiger partial charge in [0.25, 0.3) is 0 Å². The van der Waals surface area contributed by atoms with Crippen molar-refractivity contribution in [3.8, 4) is 0 Å². The second kappa shape index (κ2) is 6.15. The van der Waals surface area contributed by atoms with Crippen molar-refractivity contribution in [1.29, 1.82) is 0 Å². The van der Waals surface area contributed by atoms with Gasteiger partial charge in [-0.15, -0.1) is 0 Å². The zero-order chi connectivity index (χ0) is 16.6. The Morgan fingerprint density at radius 3 is 2.74 bits per heavy atom. The molecule has 1 N–H and O–H groups in total. The number of rotatable bonds is 3. The number of hydrogen-bond acceptors (Lipinski definition) is 6. The number of halogens is 2.